The molecule has 35 heavy (non-hydrogen) atoms. The Morgan fingerprint density at radius 1 is 0.971 bits per heavy atom. The van der Waals surface area contributed by atoms with Crippen molar-refractivity contribution in [2.24, 2.45) is 0 Å². The summed E-state index contributed by atoms with van der Waals surface area (Å²) in [6.45, 7) is 3.26. The zero-order valence-corrected chi connectivity index (χ0v) is 19.5. The Kier molecular flexibility index (Phi) is 7.67. The molecule has 0 radical (unpaired) electrons. The van der Waals surface area contributed by atoms with Gasteiger partial charge in [-0.3, -0.25) is 14.7 Å². The van der Waals surface area contributed by atoms with Gasteiger partial charge in [0.15, 0.2) is 0 Å². The summed E-state index contributed by atoms with van der Waals surface area (Å²) in [5.41, 5.74) is 2.32. The molecule has 4 rings (SSSR count). The van der Waals surface area contributed by atoms with Crippen LogP contribution in [0.3, 0.4) is 0 Å². The predicted octanol–water partition coefficient (Wildman–Crippen LogP) is 4.57. The van der Waals surface area contributed by atoms with Crippen molar-refractivity contribution < 1.29 is 18.0 Å². The highest BCUT2D eigenvalue weighted by Crippen LogP contribution is 2.34. The predicted molar refractivity (Wildman–Crippen MR) is 131 cm³/mol. The lowest BCUT2D eigenvalue weighted by Crippen LogP contribution is -2.44. The van der Waals surface area contributed by atoms with E-state index in [9.17, 15) is 18.0 Å². The summed E-state index contributed by atoms with van der Waals surface area (Å²) in [5.74, 6) is -0.429. The number of nitrogens with zero attached hydrogens (tertiary/aromatic N) is 3. The molecule has 1 aliphatic heterocycles. The first-order chi connectivity index (χ1) is 16.8. The molecule has 2 N–H and O–H groups in total. The molecular formula is C26H28F3N5O. The van der Waals surface area contributed by atoms with Crippen LogP contribution in [0, 0.1) is 0 Å². The highest BCUT2D eigenvalue weighted by atomic mass is 19.4. The van der Waals surface area contributed by atoms with E-state index in [-0.39, 0.29) is 24.3 Å². The molecule has 0 unspecified atom stereocenters. The van der Waals surface area contributed by atoms with E-state index in [1.165, 1.54) is 12.1 Å². The molecule has 9 heteroatoms. The van der Waals surface area contributed by atoms with E-state index >= 15 is 0 Å². The average Bonchev–Trinajstić information content (AvgIpc) is 2.85. The van der Waals surface area contributed by atoms with Crippen LogP contribution in [0.2, 0.25) is 0 Å². The normalized spacial score (nSPS) is 15.1. The van der Waals surface area contributed by atoms with Gasteiger partial charge in [-0.15, -0.1) is 0 Å². The number of halogens is 3. The van der Waals surface area contributed by atoms with E-state index in [2.05, 4.69) is 20.5 Å². The number of pyridine rings is 1. The minimum absolute atomic E-state index is 0.0728. The maximum Gasteiger partial charge on any atom is 0.416 e. The highest BCUT2D eigenvalue weighted by molar-refractivity contribution is 5.94. The fraction of sp³-hybridized carbons (Fsp3) is 0.308. The molecule has 0 spiro atoms. The molecule has 0 saturated carbocycles. The fourth-order valence-electron chi connectivity index (χ4n) is 4.00. The maximum absolute atomic E-state index is 13.8. The Labute approximate surface area is 202 Å². The van der Waals surface area contributed by atoms with Crippen LogP contribution in [0.5, 0.6) is 0 Å². The first-order valence-corrected chi connectivity index (χ1v) is 11.4. The van der Waals surface area contributed by atoms with Gasteiger partial charge in [-0.2, -0.15) is 13.2 Å². The molecule has 3 aromatic rings. The van der Waals surface area contributed by atoms with E-state index in [0.717, 1.165) is 49.1 Å². The summed E-state index contributed by atoms with van der Waals surface area (Å²) in [4.78, 5) is 20.7. The summed E-state index contributed by atoms with van der Waals surface area (Å²) < 4.78 is 41.3. The second-order valence-electron chi connectivity index (χ2n) is 8.67. The molecule has 0 atom stereocenters. The lowest BCUT2D eigenvalue weighted by atomic mass is 10.0. The van der Waals surface area contributed by atoms with Crippen LogP contribution in [0.15, 0.2) is 67.0 Å². The van der Waals surface area contributed by atoms with Gasteiger partial charge >= 0.3 is 6.18 Å². The summed E-state index contributed by atoms with van der Waals surface area (Å²) in [5, 5.41) is 5.57. The maximum atomic E-state index is 13.8. The lowest BCUT2D eigenvalue weighted by Gasteiger charge is -2.33. The van der Waals surface area contributed by atoms with Gasteiger partial charge in [0.25, 0.3) is 0 Å². The molecule has 2 heterocycles. The van der Waals surface area contributed by atoms with Crippen molar-refractivity contribution in [3.8, 4) is 11.1 Å². The minimum atomic E-state index is -4.50. The molecule has 1 aliphatic rings. The Balaban J connectivity index is 1.36. The summed E-state index contributed by atoms with van der Waals surface area (Å²) in [6, 6.07) is 15.3. The number of hydrogen-bond acceptors (Lipinski definition) is 5. The van der Waals surface area contributed by atoms with E-state index < -0.39 is 17.6 Å². The van der Waals surface area contributed by atoms with Gasteiger partial charge in [0.1, 0.15) is 0 Å². The van der Waals surface area contributed by atoms with Crippen LogP contribution in [-0.4, -0.2) is 60.5 Å². The monoisotopic (exact) mass is 483 g/mol. The molecule has 184 valence electrons. The van der Waals surface area contributed by atoms with E-state index in [0.29, 0.717) is 0 Å². The third kappa shape index (κ3) is 6.80. The van der Waals surface area contributed by atoms with Crippen LogP contribution < -0.4 is 10.6 Å². The van der Waals surface area contributed by atoms with Crippen LogP contribution in [0.1, 0.15) is 11.1 Å². The summed E-state index contributed by atoms with van der Waals surface area (Å²) >= 11 is 0. The van der Waals surface area contributed by atoms with Crippen LogP contribution >= 0.6 is 0 Å². The highest BCUT2D eigenvalue weighted by Gasteiger charge is 2.34. The molecule has 1 amide bonds. The Morgan fingerprint density at radius 2 is 1.69 bits per heavy atom. The number of piperazine rings is 1. The minimum Gasteiger partial charge on any atom is -0.376 e. The summed E-state index contributed by atoms with van der Waals surface area (Å²) in [6.07, 6.45) is -1.03. The zero-order chi connectivity index (χ0) is 24.8. The number of anilines is 2. The molecule has 0 aliphatic carbocycles. The van der Waals surface area contributed by atoms with Gasteiger partial charge in [0.2, 0.25) is 5.91 Å². The Morgan fingerprint density at radius 3 is 2.34 bits per heavy atom. The number of hydrogen-bond donors (Lipinski definition) is 2. The lowest BCUT2D eigenvalue weighted by molar-refractivity contribution is -0.138. The zero-order valence-electron chi connectivity index (χ0n) is 19.5. The number of alkyl halides is 3. The Bertz CT molecular complexity index is 1130. The molecular weight excluding hydrogens is 455 g/mol. The standard InChI is InChI=1S/C26H28F3N5O/c1-33-11-13-34(14-12-33)18-21-6-9-23(15-24(21)26(27,28)29)32-25(35)17-31-22-7-4-19(5-8-22)20-3-2-10-30-16-20/h2-10,15-16,31H,11-14,17-18H2,1H3,(H,32,35). The first-order valence-electron chi connectivity index (χ1n) is 11.4. The smallest absolute Gasteiger partial charge is 0.376 e. The molecule has 6 nitrogen and oxygen atoms in total. The number of carbonyl (C=O) groups excluding carboxylic acids is 1. The van der Waals surface area contributed by atoms with Gasteiger partial charge in [0.05, 0.1) is 12.1 Å². The van der Waals surface area contributed by atoms with Crippen molar-refractivity contribution in [2.75, 3.05) is 50.4 Å². The third-order valence-corrected chi connectivity index (χ3v) is 6.02. The molecule has 1 fully saturated rings. The summed E-state index contributed by atoms with van der Waals surface area (Å²) in [7, 11) is 2.00. The van der Waals surface area contributed by atoms with E-state index in [1.54, 1.807) is 12.4 Å². The van der Waals surface area contributed by atoms with Crippen LogP contribution in [-0.2, 0) is 17.5 Å². The number of nitrogens with one attached hydrogen (secondary N) is 2. The molecule has 2 aromatic carbocycles. The van der Waals surface area contributed by atoms with E-state index in [1.807, 2.05) is 48.3 Å². The first kappa shape index (κ1) is 24.7. The van der Waals surface area contributed by atoms with Crippen molar-refractivity contribution in [1.82, 2.24) is 14.8 Å². The second kappa shape index (κ2) is 10.9. The largest absolute Gasteiger partial charge is 0.416 e. The van der Waals surface area contributed by atoms with Gasteiger partial charge in [-0.05, 0) is 54.1 Å². The second-order valence-corrected chi connectivity index (χ2v) is 8.67. The molecule has 1 aromatic heterocycles. The number of amides is 1. The van der Waals surface area contributed by atoms with Gasteiger partial charge in [-0.25, -0.2) is 0 Å². The SMILES string of the molecule is CN1CCN(Cc2ccc(NC(=O)CNc3ccc(-c4cccnc4)cc3)cc2C(F)(F)F)CC1. The number of likely N-dealkylation sites (N-methyl/N-ethyl adjacent to an activating group) is 1. The molecule has 0 bridgehead atoms. The number of carbonyl (C=O) groups is 1. The average molecular weight is 484 g/mol. The van der Waals surface area contributed by atoms with Gasteiger partial charge in [-0.1, -0.05) is 24.3 Å². The Hall–Kier alpha value is -3.43. The van der Waals surface area contributed by atoms with Crippen molar-refractivity contribution in [3.63, 3.8) is 0 Å². The van der Waals surface area contributed by atoms with Gasteiger partial charge < -0.3 is 15.5 Å². The number of benzene rings is 2. The third-order valence-electron chi connectivity index (χ3n) is 6.02. The fourth-order valence-corrected chi connectivity index (χ4v) is 4.00. The van der Waals surface area contributed by atoms with E-state index in [4.69, 9.17) is 0 Å². The topological polar surface area (TPSA) is 60.5 Å². The van der Waals surface area contributed by atoms with Crippen molar-refractivity contribution in [3.05, 3.63) is 78.1 Å². The number of aromatic nitrogens is 1. The molecule has 1 saturated heterocycles. The van der Waals surface area contributed by atoms with Crippen molar-refractivity contribution in [1.29, 1.82) is 0 Å². The van der Waals surface area contributed by atoms with Crippen LogP contribution in [0.4, 0.5) is 24.5 Å². The van der Waals surface area contributed by atoms with Crippen LogP contribution in [0.25, 0.3) is 11.1 Å². The quantitative estimate of drug-likeness (QED) is 0.516. The van der Waals surface area contributed by atoms with Gasteiger partial charge in [0, 0.05) is 56.5 Å². The van der Waals surface area contributed by atoms with Crippen molar-refractivity contribution >= 4 is 17.3 Å². The number of rotatable bonds is 7. The van der Waals surface area contributed by atoms with Crippen molar-refractivity contribution in [2.45, 2.75) is 12.7 Å².